The van der Waals surface area contributed by atoms with Crippen molar-refractivity contribution in [1.82, 2.24) is 10.2 Å². The molecule has 3 rings (SSSR count). The Morgan fingerprint density at radius 1 is 1.35 bits per heavy atom. The number of benzene rings is 1. The van der Waals surface area contributed by atoms with Crippen molar-refractivity contribution < 1.29 is 19.1 Å². The number of piperidine rings is 1. The maximum atomic E-state index is 12.4. The number of carbonyl (C=O) groups excluding carboxylic acids is 2. The summed E-state index contributed by atoms with van der Waals surface area (Å²) in [6.45, 7) is 2.97. The minimum Gasteiger partial charge on any atom is -0.497 e. The molecule has 1 aromatic carbocycles. The highest BCUT2D eigenvalue weighted by atomic mass is 16.5. The number of rotatable bonds is 6. The molecule has 2 heterocycles. The molecule has 0 spiro atoms. The van der Waals surface area contributed by atoms with Crippen LogP contribution in [0.3, 0.4) is 0 Å². The molecule has 1 saturated heterocycles. The standard InChI is InChI=1S/C19H27N3O4/c1-25-16-3-2-15-8-13(12-26-17(15)9-16)10-21-19(24)14-4-6-22(7-5-14)11-18(20)23/h2-3,9,13-14H,4-8,10-12H2,1H3,(H2,20,23)(H,21,24)/t13-/m0/s1. The minimum atomic E-state index is -0.317. The first-order valence-corrected chi connectivity index (χ1v) is 9.13. The quantitative estimate of drug-likeness (QED) is 0.772. The Labute approximate surface area is 153 Å². The van der Waals surface area contributed by atoms with Crippen LogP contribution >= 0.6 is 0 Å². The van der Waals surface area contributed by atoms with E-state index in [1.54, 1.807) is 7.11 Å². The average molecular weight is 361 g/mol. The Balaban J connectivity index is 1.43. The number of ether oxygens (including phenoxy) is 2. The molecule has 7 heteroatoms. The molecule has 1 fully saturated rings. The third-order valence-electron chi connectivity index (χ3n) is 5.16. The number of methoxy groups -OCH3 is 1. The van der Waals surface area contributed by atoms with Crippen molar-refractivity contribution in [3.8, 4) is 11.5 Å². The van der Waals surface area contributed by atoms with E-state index in [0.29, 0.717) is 13.2 Å². The van der Waals surface area contributed by atoms with Crippen molar-refractivity contribution in [2.45, 2.75) is 19.3 Å². The summed E-state index contributed by atoms with van der Waals surface area (Å²) in [7, 11) is 1.64. The zero-order valence-electron chi connectivity index (χ0n) is 15.2. The van der Waals surface area contributed by atoms with E-state index in [2.05, 4.69) is 5.32 Å². The van der Waals surface area contributed by atoms with Crippen LogP contribution in [-0.4, -0.2) is 56.6 Å². The molecular formula is C19H27N3O4. The summed E-state index contributed by atoms with van der Waals surface area (Å²) in [6, 6.07) is 5.86. The average Bonchev–Trinajstić information content (AvgIpc) is 2.65. The Hall–Kier alpha value is -2.28. The highest BCUT2D eigenvalue weighted by molar-refractivity contribution is 5.79. The van der Waals surface area contributed by atoms with Gasteiger partial charge in [0.05, 0.1) is 20.3 Å². The zero-order valence-corrected chi connectivity index (χ0v) is 15.2. The predicted molar refractivity (Wildman–Crippen MR) is 97.1 cm³/mol. The van der Waals surface area contributed by atoms with Gasteiger partial charge in [-0.1, -0.05) is 6.07 Å². The molecule has 1 aromatic rings. The molecular weight excluding hydrogens is 334 g/mol. The van der Waals surface area contributed by atoms with Crippen LogP contribution in [0.1, 0.15) is 18.4 Å². The first-order chi connectivity index (χ1) is 12.5. The number of carbonyl (C=O) groups is 2. The van der Waals surface area contributed by atoms with Crippen molar-refractivity contribution >= 4 is 11.8 Å². The molecule has 2 aliphatic heterocycles. The van der Waals surface area contributed by atoms with E-state index >= 15 is 0 Å². The highest BCUT2D eigenvalue weighted by Crippen LogP contribution is 2.30. The van der Waals surface area contributed by atoms with Gasteiger partial charge in [0.2, 0.25) is 11.8 Å². The summed E-state index contributed by atoms with van der Waals surface area (Å²) in [6.07, 6.45) is 2.42. The van der Waals surface area contributed by atoms with E-state index in [9.17, 15) is 9.59 Å². The maximum Gasteiger partial charge on any atom is 0.231 e. The summed E-state index contributed by atoms with van der Waals surface area (Å²) in [4.78, 5) is 25.4. The number of fused-ring (bicyclic) bond motifs is 1. The van der Waals surface area contributed by atoms with E-state index in [0.717, 1.165) is 49.4 Å². The molecule has 142 valence electrons. The summed E-state index contributed by atoms with van der Waals surface area (Å²) in [5, 5.41) is 3.08. The third kappa shape index (κ3) is 4.66. The van der Waals surface area contributed by atoms with Gasteiger partial charge in [0.1, 0.15) is 11.5 Å². The summed E-state index contributed by atoms with van der Waals surface area (Å²) >= 11 is 0. The SMILES string of the molecule is COc1ccc2c(c1)OC[C@H](CNC(=O)C1CCN(CC(N)=O)CC1)C2. The fraction of sp³-hybridized carbons (Fsp3) is 0.579. The number of nitrogens with two attached hydrogens (primary N) is 1. The van der Waals surface area contributed by atoms with Gasteiger partial charge in [-0.05, 0) is 44.0 Å². The second-order valence-electron chi connectivity index (χ2n) is 7.12. The van der Waals surface area contributed by atoms with Crippen LogP contribution in [0.15, 0.2) is 18.2 Å². The van der Waals surface area contributed by atoms with E-state index in [1.165, 1.54) is 0 Å². The van der Waals surface area contributed by atoms with Gasteiger partial charge in [-0.2, -0.15) is 0 Å². The Kier molecular flexibility index (Phi) is 5.98. The van der Waals surface area contributed by atoms with E-state index < -0.39 is 0 Å². The minimum absolute atomic E-state index is 0.0141. The Morgan fingerprint density at radius 3 is 2.81 bits per heavy atom. The molecule has 0 unspecified atom stereocenters. The summed E-state index contributed by atoms with van der Waals surface area (Å²) < 4.78 is 11.0. The number of likely N-dealkylation sites (tertiary alicyclic amines) is 1. The molecule has 2 aliphatic rings. The van der Waals surface area contributed by atoms with Crippen LogP contribution < -0.4 is 20.5 Å². The number of primary amides is 1. The first-order valence-electron chi connectivity index (χ1n) is 9.13. The molecule has 0 bridgehead atoms. The van der Waals surface area contributed by atoms with Crippen LogP contribution in [0.5, 0.6) is 11.5 Å². The van der Waals surface area contributed by atoms with Gasteiger partial charge in [-0.25, -0.2) is 0 Å². The number of hydrogen-bond acceptors (Lipinski definition) is 5. The monoisotopic (exact) mass is 361 g/mol. The molecule has 2 amide bonds. The molecule has 0 aromatic heterocycles. The number of amides is 2. The van der Waals surface area contributed by atoms with Crippen LogP contribution in [0.4, 0.5) is 0 Å². The highest BCUT2D eigenvalue weighted by Gasteiger charge is 2.27. The normalized spacial score (nSPS) is 20.7. The predicted octanol–water partition coefficient (Wildman–Crippen LogP) is 0.560. The van der Waals surface area contributed by atoms with Crippen molar-refractivity contribution in [1.29, 1.82) is 0 Å². The van der Waals surface area contributed by atoms with Gasteiger partial charge in [-0.15, -0.1) is 0 Å². The van der Waals surface area contributed by atoms with Crippen LogP contribution in [-0.2, 0) is 16.0 Å². The van der Waals surface area contributed by atoms with Gasteiger partial charge in [0.25, 0.3) is 0 Å². The number of hydrogen-bond donors (Lipinski definition) is 2. The second-order valence-corrected chi connectivity index (χ2v) is 7.12. The number of nitrogens with zero attached hydrogens (tertiary/aromatic N) is 1. The lowest BCUT2D eigenvalue weighted by Crippen LogP contribution is -2.44. The lowest BCUT2D eigenvalue weighted by Gasteiger charge is -2.31. The fourth-order valence-corrected chi connectivity index (χ4v) is 3.64. The second kappa shape index (κ2) is 8.40. The molecule has 26 heavy (non-hydrogen) atoms. The molecule has 1 atom stereocenters. The van der Waals surface area contributed by atoms with Gasteiger partial charge >= 0.3 is 0 Å². The van der Waals surface area contributed by atoms with Gasteiger partial charge < -0.3 is 20.5 Å². The van der Waals surface area contributed by atoms with Crippen LogP contribution in [0.2, 0.25) is 0 Å². The summed E-state index contributed by atoms with van der Waals surface area (Å²) in [5.41, 5.74) is 6.37. The Bertz CT molecular complexity index is 656. The number of nitrogens with one attached hydrogen (secondary N) is 1. The summed E-state index contributed by atoms with van der Waals surface area (Å²) in [5.74, 6) is 1.73. The van der Waals surface area contributed by atoms with E-state index in [4.69, 9.17) is 15.2 Å². The van der Waals surface area contributed by atoms with Crippen molar-refractivity contribution in [3.05, 3.63) is 23.8 Å². The topological polar surface area (TPSA) is 93.9 Å². The van der Waals surface area contributed by atoms with Crippen molar-refractivity contribution in [2.24, 2.45) is 17.6 Å². The van der Waals surface area contributed by atoms with E-state index in [-0.39, 0.29) is 30.2 Å². The Morgan fingerprint density at radius 2 is 2.12 bits per heavy atom. The molecule has 3 N–H and O–H groups in total. The van der Waals surface area contributed by atoms with Crippen LogP contribution in [0, 0.1) is 11.8 Å². The third-order valence-corrected chi connectivity index (χ3v) is 5.16. The zero-order chi connectivity index (χ0) is 18.5. The lowest BCUT2D eigenvalue weighted by atomic mass is 9.94. The van der Waals surface area contributed by atoms with Gasteiger partial charge in [0.15, 0.2) is 0 Å². The van der Waals surface area contributed by atoms with Gasteiger partial charge in [0, 0.05) is 24.4 Å². The molecule has 0 radical (unpaired) electrons. The molecule has 0 saturated carbocycles. The maximum absolute atomic E-state index is 12.4. The molecule has 0 aliphatic carbocycles. The smallest absolute Gasteiger partial charge is 0.231 e. The lowest BCUT2D eigenvalue weighted by molar-refractivity contribution is -0.126. The van der Waals surface area contributed by atoms with E-state index in [1.807, 2.05) is 23.1 Å². The van der Waals surface area contributed by atoms with Crippen molar-refractivity contribution in [3.63, 3.8) is 0 Å². The largest absolute Gasteiger partial charge is 0.497 e. The van der Waals surface area contributed by atoms with Crippen molar-refractivity contribution in [2.75, 3.05) is 39.9 Å². The van der Waals surface area contributed by atoms with Crippen LogP contribution in [0.25, 0.3) is 0 Å². The fourth-order valence-electron chi connectivity index (χ4n) is 3.64. The first kappa shape index (κ1) is 18.5. The molecule has 7 nitrogen and oxygen atoms in total. The van der Waals surface area contributed by atoms with Gasteiger partial charge in [-0.3, -0.25) is 14.5 Å².